The van der Waals surface area contributed by atoms with Crippen molar-refractivity contribution >= 4 is 18.9 Å². The number of hydrogen-bond donors (Lipinski definition) is 0. The molecular formula is C46H57BN2O7. The number of carbonyl (C=O) groups is 2. The van der Waals surface area contributed by atoms with Gasteiger partial charge in [0.05, 0.1) is 7.32 Å². The highest BCUT2D eigenvalue weighted by Crippen LogP contribution is 2.43. The quantitative estimate of drug-likeness (QED) is 0.0363. The molecule has 9 nitrogen and oxygen atoms in total. The normalized spacial score (nSPS) is 10.8. The van der Waals surface area contributed by atoms with E-state index in [0.29, 0.717) is 55.7 Å². The van der Waals surface area contributed by atoms with Crippen LogP contribution in [-0.2, 0) is 10.1 Å². The second kappa shape index (κ2) is 24.4. The van der Waals surface area contributed by atoms with Crippen molar-refractivity contribution in [3.8, 4) is 0 Å². The average molecular weight is 761 g/mol. The lowest BCUT2D eigenvalue weighted by atomic mass is 9.67. The molecule has 0 fully saturated rings. The fourth-order valence-electron chi connectivity index (χ4n) is 6.36. The van der Waals surface area contributed by atoms with Crippen LogP contribution in [0.25, 0.3) is 0 Å². The van der Waals surface area contributed by atoms with Crippen LogP contribution in [0.3, 0.4) is 0 Å². The Kier molecular flexibility index (Phi) is 19.7. The Balaban J connectivity index is 0.000000241. The summed E-state index contributed by atoms with van der Waals surface area (Å²) < 4.78 is 7.83. The number of rotatable bonds is 18. The molecule has 0 spiro atoms. The molecule has 5 rings (SSSR count). The topological polar surface area (TPSA) is 116 Å². The maximum Gasteiger partial charge on any atom is 0.300 e. The molecular weight excluding hydrogens is 703 g/mol. The van der Waals surface area contributed by atoms with Crippen molar-refractivity contribution in [1.29, 1.82) is 0 Å². The van der Waals surface area contributed by atoms with Crippen LogP contribution in [-0.4, -0.2) is 38.7 Å². The third-order valence-corrected chi connectivity index (χ3v) is 8.69. The molecule has 0 aliphatic carbocycles. The van der Waals surface area contributed by atoms with E-state index in [4.69, 9.17) is 14.3 Å². The van der Waals surface area contributed by atoms with Gasteiger partial charge in [0.25, 0.3) is 11.4 Å². The number of carbonyl (C=O) groups excluding carboxylic acids is 2. The number of ketones is 2. The fourth-order valence-corrected chi connectivity index (χ4v) is 6.36. The summed E-state index contributed by atoms with van der Waals surface area (Å²) >= 11 is 0. The molecule has 2 heterocycles. The van der Waals surface area contributed by atoms with Gasteiger partial charge in [0.2, 0.25) is 24.0 Å². The number of hydrogen-bond acceptors (Lipinski definition) is 7. The van der Waals surface area contributed by atoms with Crippen LogP contribution in [0.1, 0.15) is 105 Å². The van der Waals surface area contributed by atoms with Crippen molar-refractivity contribution in [2.45, 2.75) is 72.6 Å². The third-order valence-electron chi connectivity index (χ3n) is 8.69. The van der Waals surface area contributed by atoms with Gasteiger partial charge in [0.15, 0.2) is 13.2 Å². The first-order valence-electron chi connectivity index (χ1n) is 19.5. The highest BCUT2D eigenvalue weighted by Gasteiger charge is 2.35. The number of aromatic nitrogens is 2. The fraction of sp³-hybridized carbons (Fsp3) is 0.348. The summed E-state index contributed by atoms with van der Waals surface area (Å²) in [6.45, 7) is 13.2. The van der Waals surface area contributed by atoms with Gasteiger partial charge in [-0.3, -0.25) is 19.3 Å². The minimum Gasteiger partial charge on any atom is -0.871 e. The van der Waals surface area contributed by atoms with Crippen molar-refractivity contribution in [3.05, 3.63) is 168 Å². The minimum absolute atomic E-state index is 0.124. The molecule has 0 atom stereocenters. The minimum atomic E-state index is -2.23. The molecule has 0 bridgehead atoms. The average Bonchev–Trinajstić information content (AvgIpc) is 3.20. The van der Waals surface area contributed by atoms with Crippen LogP contribution < -0.4 is 29.2 Å². The summed E-state index contributed by atoms with van der Waals surface area (Å²) in [6, 6.07) is 42.0. The Hall–Kier alpha value is -5.16. The van der Waals surface area contributed by atoms with Crippen LogP contribution in [0.2, 0.25) is 0 Å². The van der Waals surface area contributed by atoms with Crippen LogP contribution in [0.5, 0.6) is 0 Å². The van der Waals surface area contributed by atoms with Crippen molar-refractivity contribution in [2.75, 3.05) is 19.8 Å². The summed E-state index contributed by atoms with van der Waals surface area (Å²) in [7, 11) is -2.23. The molecule has 3 aromatic carbocycles. The van der Waals surface area contributed by atoms with Crippen molar-refractivity contribution in [2.24, 2.45) is 11.8 Å². The SMILES string of the molecule is CCO[n+]1ccccc1C(=O)CC(C)C.CCO[n+]1ccccc1C(=O)CC(C)C.[O-]B([O-])OCCCC(c1ccccc1)(c1ccccc1)c1ccccc1. The molecule has 296 valence electrons. The van der Waals surface area contributed by atoms with E-state index in [1.54, 1.807) is 34.0 Å². The largest absolute Gasteiger partial charge is 0.871 e. The summed E-state index contributed by atoms with van der Waals surface area (Å²) in [5.41, 5.74) is 4.41. The maximum absolute atomic E-state index is 11.8. The standard InChI is InChI=1S/C22H21BO3.2C12H18NO2/c24-23(25)26-18-10-17-22(19-11-4-1-5-12-19,20-13-6-2-7-14-20)21-15-8-3-9-16-21;2*1-4-15-13-8-6-5-7-11(13)12(14)9-10(2)3/h1-9,11-16H,10,17-18H2;2*5-8,10H,4,9H2,1-3H3/q-2;2*+1. The van der Waals surface area contributed by atoms with Gasteiger partial charge in [0, 0.05) is 58.6 Å². The number of pyridine rings is 2. The number of nitrogens with zero attached hydrogens (tertiary/aromatic N) is 2. The van der Waals surface area contributed by atoms with Gasteiger partial charge in [-0.1, -0.05) is 119 Å². The second-order valence-electron chi connectivity index (χ2n) is 14.0. The van der Waals surface area contributed by atoms with Crippen LogP contribution >= 0.6 is 0 Å². The molecule has 56 heavy (non-hydrogen) atoms. The Labute approximate surface area is 333 Å². The molecule has 0 aliphatic heterocycles. The summed E-state index contributed by atoms with van der Waals surface area (Å²) in [4.78, 5) is 34.4. The van der Waals surface area contributed by atoms with Gasteiger partial charge in [-0.2, -0.15) is 0 Å². The summed E-state index contributed by atoms with van der Waals surface area (Å²) in [6.07, 6.45) is 5.97. The van der Waals surface area contributed by atoms with E-state index in [9.17, 15) is 19.6 Å². The van der Waals surface area contributed by atoms with E-state index in [-0.39, 0.29) is 23.6 Å². The molecule has 2 aromatic heterocycles. The van der Waals surface area contributed by atoms with Gasteiger partial charge < -0.3 is 14.7 Å². The zero-order chi connectivity index (χ0) is 40.8. The maximum atomic E-state index is 11.8. The van der Waals surface area contributed by atoms with Gasteiger partial charge in [0.1, 0.15) is 0 Å². The number of Topliss-reactive ketones (excluding diaryl/α,β-unsaturated/α-hetero) is 2. The van der Waals surface area contributed by atoms with E-state index < -0.39 is 7.32 Å². The monoisotopic (exact) mass is 760 g/mol. The molecule has 0 amide bonds. The first kappa shape index (κ1) is 45.2. The Bertz CT molecular complexity index is 1690. The Morgan fingerprint density at radius 2 is 0.946 bits per heavy atom. The molecule has 0 radical (unpaired) electrons. The van der Waals surface area contributed by atoms with Crippen LogP contribution in [0, 0.1) is 11.8 Å². The highest BCUT2D eigenvalue weighted by atomic mass is 16.7. The predicted octanol–water partition coefficient (Wildman–Crippen LogP) is 5.83. The molecule has 10 heteroatoms. The molecule has 5 aromatic rings. The van der Waals surface area contributed by atoms with Gasteiger partial charge in [-0.15, -0.1) is 0 Å². The van der Waals surface area contributed by atoms with Crippen LogP contribution in [0.15, 0.2) is 140 Å². The van der Waals surface area contributed by atoms with Crippen molar-refractivity contribution < 1.29 is 43.4 Å². The smallest absolute Gasteiger partial charge is 0.300 e. The van der Waals surface area contributed by atoms with E-state index in [2.05, 4.69) is 36.4 Å². The molecule has 0 saturated heterocycles. The zero-order valence-corrected chi connectivity index (χ0v) is 33.7. The summed E-state index contributed by atoms with van der Waals surface area (Å²) in [5, 5.41) is 21.4. The zero-order valence-electron chi connectivity index (χ0n) is 33.7. The summed E-state index contributed by atoms with van der Waals surface area (Å²) in [5.74, 6) is 0.985. The van der Waals surface area contributed by atoms with E-state index >= 15 is 0 Å². The van der Waals surface area contributed by atoms with E-state index in [1.165, 1.54) is 16.7 Å². The lowest BCUT2D eigenvalue weighted by Crippen LogP contribution is -2.48. The van der Waals surface area contributed by atoms with Gasteiger partial charge in [-0.05, 0) is 67.3 Å². The van der Waals surface area contributed by atoms with Crippen molar-refractivity contribution in [1.82, 2.24) is 0 Å². The van der Waals surface area contributed by atoms with Crippen molar-refractivity contribution in [3.63, 3.8) is 0 Å². The lowest BCUT2D eigenvalue weighted by Gasteiger charge is -2.37. The molecule has 0 N–H and O–H groups in total. The predicted molar refractivity (Wildman–Crippen MR) is 215 cm³/mol. The Morgan fingerprint density at radius 1 is 0.589 bits per heavy atom. The first-order valence-corrected chi connectivity index (χ1v) is 19.5. The van der Waals surface area contributed by atoms with Gasteiger partial charge >= 0.3 is 0 Å². The molecule has 0 unspecified atom stereocenters. The number of benzene rings is 3. The Morgan fingerprint density at radius 3 is 1.27 bits per heavy atom. The van der Waals surface area contributed by atoms with Crippen LogP contribution in [0.4, 0.5) is 0 Å². The first-order chi connectivity index (χ1) is 27.0. The second-order valence-corrected chi connectivity index (χ2v) is 14.0. The molecule has 0 aliphatic rings. The molecule has 0 saturated carbocycles. The highest BCUT2D eigenvalue weighted by molar-refractivity contribution is 6.28. The van der Waals surface area contributed by atoms with E-state index in [1.807, 2.05) is 120 Å². The lowest BCUT2D eigenvalue weighted by molar-refractivity contribution is -0.892. The van der Waals surface area contributed by atoms with E-state index in [0.717, 1.165) is 6.42 Å². The third kappa shape index (κ3) is 14.2. The van der Waals surface area contributed by atoms with Gasteiger partial charge in [-0.25, -0.2) is 0 Å².